The van der Waals surface area contributed by atoms with Gasteiger partial charge in [-0.3, -0.25) is 4.90 Å². The van der Waals surface area contributed by atoms with Crippen molar-refractivity contribution in [3.63, 3.8) is 0 Å². The van der Waals surface area contributed by atoms with Crippen LogP contribution in [0.15, 0.2) is 84.9 Å². The number of amides is 1. The molecule has 1 saturated heterocycles. The third-order valence-corrected chi connectivity index (χ3v) is 6.54. The number of hydrogen-bond acceptors (Lipinski definition) is 3. The van der Waals surface area contributed by atoms with Crippen molar-refractivity contribution in [2.45, 2.75) is 37.9 Å². The molecule has 3 aromatic carbocycles. The molecule has 1 amide bonds. The summed E-state index contributed by atoms with van der Waals surface area (Å²) in [7, 11) is 0. The molecule has 0 radical (unpaired) electrons. The molecule has 6 heteroatoms. The highest BCUT2D eigenvalue weighted by atomic mass is 19.1. The maximum absolute atomic E-state index is 13.2. The molecular weight excluding hydrogens is 443 g/mol. The fraction of sp³-hybridized carbons (Fsp3) is 0.345. The van der Waals surface area contributed by atoms with Crippen LogP contribution in [0.5, 0.6) is 0 Å². The predicted octanol–water partition coefficient (Wildman–Crippen LogP) is 6.36. The van der Waals surface area contributed by atoms with Crippen LogP contribution in [0.1, 0.15) is 42.9 Å². The summed E-state index contributed by atoms with van der Waals surface area (Å²) in [4.78, 5) is 15.3. The number of likely N-dealkylation sites (tertiary alicyclic amines) is 1. The van der Waals surface area contributed by atoms with Crippen molar-refractivity contribution in [1.82, 2.24) is 4.90 Å². The van der Waals surface area contributed by atoms with E-state index in [4.69, 9.17) is 4.74 Å². The molecule has 0 atom stereocenters. The van der Waals surface area contributed by atoms with Gasteiger partial charge in [0.1, 0.15) is 11.9 Å². The van der Waals surface area contributed by atoms with Crippen LogP contribution in [-0.4, -0.2) is 48.4 Å². The van der Waals surface area contributed by atoms with E-state index in [0.29, 0.717) is 12.2 Å². The molecule has 4 rings (SSSR count). The third kappa shape index (κ3) is 7.13. The minimum absolute atomic E-state index is 0.0672. The third-order valence-electron chi connectivity index (χ3n) is 6.54. The average molecular weight is 477 g/mol. The van der Waals surface area contributed by atoms with Gasteiger partial charge in [0.15, 0.2) is 0 Å². The highest BCUT2D eigenvalue weighted by molar-refractivity contribution is 5.85. The van der Waals surface area contributed by atoms with Gasteiger partial charge in [0.25, 0.3) is 0 Å². The summed E-state index contributed by atoms with van der Waals surface area (Å²) in [5, 5.41) is 9.52. The summed E-state index contributed by atoms with van der Waals surface area (Å²) in [6, 6.07) is 26.4. The van der Waals surface area contributed by atoms with Gasteiger partial charge in [0.2, 0.25) is 0 Å². The summed E-state index contributed by atoms with van der Waals surface area (Å²) < 4.78 is 19.8. The lowest BCUT2D eigenvalue weighted by molar-refractivity contribution is -0.0270. The second-order valence-electron chi connectivity index (χ2n) is 9.00. The minimum Gasteiger partial charge on any atom is -0.465 e. The van der Waals surface area contributed by atoms with E-state index in [9.17, 15) is 14.3 Å². The van der Waals surface area contributed by atoms with E-state index >= 15 is 0 Å². The Morgan fingerprint density at radius 1 is 0.914 bits per heavy atom. The van der Waals surface area contributed by atoms with Crippen molar-refractivity contribution in [1.29, 1.82) is 0 Å². The first kappa shape index (κ1) is 24.9. The smallest absolute Gasteiger partial charge is 0.411 e. The molecule has 1 aliphatic heterocycles. The van der Waals surface area contributed by atoms with Gasteiger partial charge in [-0.15, -0.1) is 0 Å². The monoisotopic (exact) mass is 476 g/mol. The number of unbranched alkanes of at least 4 members (excludes halogenated alkanes) is 1. The molecule has 0 unspecified atom stereocenters. The maximum Gasteiger partial charge on any atom is 0.411 e. The van der Waals surface area contributed by atoms with Gasteiger partial charge in [0.05, 0.1) is 6.10 Å². The van der Waals surface area contributed by atoms with Crippen molar-refractivity contribution < 1.29 is 19.0 Å². The summed E-state index contributed by atoms with van der Waals surface area (Å²) in [5.74, 6) is -0.370. The van der Waals surface area contributed by atoms with Crippen LogP contribution in [0.4, 0.5) is 14.9 Å². The van der Waals surface area contributed by atoms with Gasteiger partial charge in [-0.1, -0.05) is 60.7 Å². The number of ether oxygens (including phenoxy) is 1. The van der Waals surface area contributed by atoms with E-state index < -0.39 is 6.09 Å². The average Bonchev–Trinajstić information content (AvgIpc) is 2.89. The standard InChI is InChI=1S/C29H33FN2O3/c30-25-13-15-26(16-14-25)32(29(33)34)20-8-7-19-31-21-17-27(18-22-31)35-28(23-9-3-1-4-10-23)24-11-5-2-6-12-24/h1-6,9-16,27-28H,7-8,17-22H2,(H,33,34). The number of carbonyl (C=O) groups is 1. The Morgan fingerprint density at radius 2 is 1.49 bits per heavy atom. The largest absolute Gasteiger partial charge is 0.465 e. The van der Waals surface area contributed by atoms with E-state index in [0.717, 1.165) is 45.3 Å². The summed E-state index contributed by atoms with van der Waals surface area (Å²) >= 11 is 0. The highest BCUT2D eigenvalue weighted by Crippen LogP contribution is 2.30. The molecule has 0 saturated carbocycles. The van der Waals surface area contributed by atoms with Crippen LogP contribution in [0.25, 0.3) is 0 Å². The lowest BCUT2D eigenvalue weighted by Crippen LogP contribution is -2.38. The minimum atomic E-state index is -1.01. The van der Waals surface area contributed by atoms with Gasteiger partial charge < -0.3 is 14.7 Å². The van der Waals surface area contributed by atoms with Crippen molar-refractivity contribution in [3.8, 4) is 0 Å². The number of piperidine rings is 1. The first-order valence-corrected chi connectivity index (χ1v) is 12.3. The van der Waals surface area contributed by atoms with Crippen LogP contribution >= 0.6 is 0 Å². The Balaban J connectivity index is 1.23. The highest BCUT2D eigenvalue weighted by Gasteiger charge is 2.24. The summed E-state index contributed by atoms with van der Waals surface area (Å²) in [6.45, 7) is 3.28. The van der Waals surface area contributed by atoms with Crippen LogP contribution in [0.2, 0.25) is 0 Å². The first-order chi connectivity index (χ1) is 17.1. The van der Waals surface area contributed by atoms with E-state index in [2.05, 4.69) is 53.4 Å². The molecule has 0 aliphatic carbocycles. The lowest BCUT2D eigenvalue weighted by Gasteiger charge is -2.34. The quantitative estimate of drug-likeness (QED) is 0.346. The number of hydrogen-bond donors (Lipinski definition) is 1. The first-order valence-electron chi connectivity index (χ1n) is 12.3. The Morgan fingerprint density at radius 3 is 2.03 bits per heavy atom. The molecule has 1 aliphatic rings. The SMILES string of the molecule is O=C(O)N(CCCCN1CCC(OC(c2ccccc2)c2ccccc2)CC1)c1ccc(F)cc1. The Labute approximate surface area is 206 Å². The van der Waals surface area contributed by atoms with Crippen molar-refractivity contribution in [2.24, 2.45) is 0 Å². The van der Waals surface area contributed by atoms with Crippen LogP contribution in [-0.2, 0) is 4.74 Å². The second kappa shape index (κ2) is 12.5. The predicted molar refractivity (Wildman–Crippen MR) is 136 cm³/mol. The van der Waals surface area contributed by atoms with Gasteiger partial charge in [-0.25, -0.2) is 9.18 Å². The molecule has 3 aromatic rings. The zero-order valence-electron chi connectivity index (χ0n) is 19.9. The Kier molecular flexibility index (Phi) is 8.87. The van der Waals surface area contributed by atoms with Gasteiger partial charge in [-0.05, 0) is 67.6 Å². The van der Waals surface area contributed by atoms with Crippen LogP contribution < -0.4 is 4.90 Å². The molecule has 0 bridgehead atoms. The summed E-state index contributed by atoms with van der Waals surface area (Å²) in [5.41, 5.74) is 2.85. The Bertz CT molecular complexity index is 999. The second-order valence-corrected chi connectivity index (χ2v) is 9.00. The van der Waals surface area contributed by atoms with Crippen LogP contribution in [0, 0.1) is 5.82 Å². The molecule has 0 aromatic heterocycles. The van der Waals surface area contributed by atoms with Crippen molar-refractivity contribution in [2.75, 3.05) is 31.1 Å². The zero-order chi connectivity index (χ0) is 24.5. The normalized spacial score (nSPS) is 14.8. The number of nitrogens with zero attached hydrogens (tertiary/aromatic N) is 2. The maximum atomic E-state index is 13.2. The van der Waals surface area contributed by atoms with E-state index in [1.165, 1.54) is 40.3 Å². The topological polar surface area (TPSA) is 53.0 Å². The molecule has 0 spiro atoms. The fourth-order valence-electron chi connectivity index (χ4n) is 4.63. The number of benzene rings is 3. The fourth-order valence-corrected chi connectivity index (χ4v) is 4.63. The number of anilines is 1. The van der Waals surface area contributed by atoms with Crippen LogP contribution in [0.3, 0.4) is 0 Å². The van der Waals surface area contributed by atoms with Gasteiger partial charge in [0, 0.05) is 25.3 Å². The van der Waals surface area contributed by atoms with E-state index in [1.807, 2.05) is 12.1 Å². The lowest BCUT2D eigenvalue weighted by atomic mass is 10.00. The molecule has 1 fully saturated rings. The molecular formula is C29H33FN2O3. The van der Waals surface area contributed by atoms with E-state index in [-0.39, 0.29) is 18.0 Å². The summed E-state index contributed by atoms with van der Waals surface area (Å²) in [6.07, 6.45) is 2.75. The molecule has 5 nitrogen and oxygen atoms in total. The number of halogens is 1. The number of rotatable bonds is 10. The molecule has 35 heavy (non-hydrogen) atoms. The molecule has 184 valence electrons. The van der Waals surface area contributed by atoms with Crippen molar-refractivity contribution >= 4 is 11.8 Å². The van der Waals surface area contributed by atoms with Crippen molar-refractivity contribution in [3.05, 3.63) is 102 Å². The molecule has 1 heterocycles. The van der Waals surface area contributed by atoms with Gasteiger partial charge in [-0.2, -0.15) is 0 Å². The Hall–Kier alpha value is -3.22. The number of carboxylic acid groups (broad SMARTS) is 1. The van der Waals surface area contributed by atoms with Gasteiger partial charge >= 0.3 is 6.09 Å². The zero-order valence-corrected chi connectivity index (χ0v) is 19.9. The van der Waals surface area contributed by atoms with E-state index in [1.54, 1.807) is 0 Å². The molecule has 1 N–H and O–H groups in total.